The van der Waals surface area contributed by atoms with Crippen LogP contribution in [0.4, 0.5) is 0 Å². The lowest BCUT2D eigenvalue weighted by molar-refractivity contribution is 0.0954. The lowest BCUT2D eigenvalue weighted by atomic mass is 10.1. The number of aromatic amines is 1. The first kappa shape index (κ1) is 18.8. The molecule has 0 unspecified atom stereocenters. The van der Waals surface area contributed by atoms with E-state index in [1.165, 1.54) is 18.2 Å². The van der Waals surface area contributed by atoms with Gasteiger partial charge in [-0.2, -0.15) is 0 Å². The molecule has 2 aromatic carbocycles. The summed E-state index contributed by atoms with van der Waals surface area (Å²) < 4.78 is 23.2. The molecule has 1 aromatic heterocycles. The summed E-state index contributed by atoms with van der Waals surface area (Å²) in [7, 11) is -3.38. The van der Waals surface area contributed by atoms with E-state index in [1.54, 1.807) is 6.07 Å². The lowest BCUT2D eigenvalue weighted by Gasteiger charge is -2.07. The molecule has 2 N–H and O–H groups in total. The fourth-order valence-electron chi connectivity index (χ4n) is 2.84. The smallest absolute Gasteiger partial charge is 0.251 e. The molecule has 1 amide bonds. The van der Waals surface area contributed by atoms with Crippen LogP contribution in [0.1, 0.15) is 21.5 Å². The summed E-state index contributed by atoms with van der Waals surface area (Å²) >= 11 is 0. The molecule has 0 aliphatic heterocycles. The van der Waals surface area contributed by atoms with Gasteiger partial charge in [0.2, 0.25) is 0 Å². The van der Waals surface area contributed by atoms with Gasteiger partial charge in [0.1, 0.15) is 0 Å². The standard InChI is InChI=1S/C20H20N2O4S/c1-13-6-7-18-16(10-13)11-15(20(24)22-18)8-9-21-19(23)14-4-3-5-17(12-14)27(2,25)26/h3-7,10-12H,8-9H2,1-2H3,(H,21,23)(H,22,24). The highest BCUT2D eigenvalue weighted by molar-refractivity contribution is 7.90. The number of benzene rings is 2. The first-order valence-electron chi connectivity index (χ1n) is 8.45. The number of carbonyl (C=O) groups excluding carboxylic acids is 1. The lowest BCUT2D eigenvalue weighted by Crippen LogP contribution is -2.27. The van der Waals surface area contributed by atoms with Crippen molar-refractivity contribution in [3.63, 3.8) is 0 Å². The molecule has 0 bridgehead atoms. The Morgan fingerprint density at radius 2 is 1.89 bits per heavy atom. The second-order valence-corrected chi connectivity index (χ2v) is 8.54. The Bertz CT molecular complexity index is 1180. The fraction of sp³-hybridized carbons (Fsp3) is 0.200. The summed E-state index contributed by atoms with van der Waals surface area (Å²) in [4.78, 5) is 27.4. The maximum absolute atomic E-state index is 12.3. The van der Waals surface area contributed by atoms with Crippen molar-refractivity contribution in [1.82, 2.24) is 10.3 Å². The van der Waals surface area contributed by atoms with E-state index >= 15 is 0 Å². The molecule has 1 heterocycles. The van der Waals surface area contributed by atoms with E-state index < -0.39 is 9.84 Å². The molecule has 7 heteroatoms. The van der Waals surface area contributed by atoms with E-state index in [9.17, 15) is 18.0 Å². The van der Waals surface area contributed by atoms with E-state index in [-0.39, 0.29) is 28.5 Å². The maximum atomic E-state index is 12.3. The first-order valence-corrected chi connectivity index (χ1v) is 10.3. The molecule has 0 saturated carbocycles. The molecule has 0 saturated heterocycles. The number of fused-ring (bicyclic) bond motifs is 1. The fourth-order valence-corrected chi connectivity index (χ4v) is 3.50. The van der Waals surface area contributed by atoms with Crippen LogP contribution < -0.4 is 10.9 Å². The van der Waals surface area contributed by atoms with Crippen molar-refractivity contribution in [3.05, 3.63) is 75.6 Å². The number of aryl methyl sites for hydroxylation is 1. The van der Waals surface area contributed by atoms with Gasteiger partial charge in [-0.3, -0.25) is 9.59 Å². The normalized spacial score (nSPS) is 11.5. The Hall–Kier alpha value is -2.93. The number of hydrogen-bond donors (Lipinski definition) is 2. The second-order valence-electron chi connectivity index (χ2n) is 6.52. The van der Waals surface area contributed by atoms with Gasteiger partial charge in [0.15, 0.2) is 9.84 Å². The number of carbonyl (C=O) groups is 1. The predicted molar refractivity (Wildman–Crippen MR) is 105 cm³/mol. The molecule has 0 fully saturated rings. The van der Waals surface area contributed by atoms with Crippen molar-refractivity contribution < 1.29 is 13.2 Å². The molecule has 140 valence electrons. The Balaban J connectivity index is 1.71. The molecule has 3 rings (SSSR count). The van der Waals surface area contributed by atoms with Crippen LogP contribution in [0.15, 0.2) is 58.2 Å². The van der Waals surface area contributed by atoms with Crippen LogP contribution in [0.5, 0.6) is 0 Å². The minimum Gasteiger partial charge on any atom is -0.352 e. The first-order chi connectivity index (χ1) is 12.7. The van der Waals surface area contributed by atoms with Gasteiger partial charge in [-0.05, 0) is 55.1 Å². The Kier molecular flexibility index (Phi) is 5.14. The highest BCUT2D eigenvalue weighted by Crippen LogP contribution is 2.14. The number of rotatable bonds is 5. The van der Waals surface area contributed by atoms with Crippen LogP contribution in [0.3, 0.4) is 0 Å². The quantitative estimate of drug-likeness (QED) is 0.705. The van der Waals surface area contributed by atoms with Gasteiger partial charge in [-0.25, -0.2) is 8.42 Å². The van der Waals surface area contributed by atoms with E-state index in [4.69, 9.17) is 0 Å². The average Bonchev–Trinajstić information content (AvgIpc) is 2.62. The summed E-state index contributed by atoms with van der Waals surface area (Å²) in [6.07, 6.45) is 1.47. The van der Waals surface area contributed by atoms with Crippen LogP contribution in [-0.2, 0) is 16.3 Å². The molecule has 3 aromatic rings. The zero-order valence-corrected chi connectivity index (χ0v) is 15.9. The largest absolute Gasteiger partial charge is 0.352 e. The van der Waals surface area contributed by atoms with Crippen molar-refractivity contribution in [3.8, 4) is 0 Å². The van der Waals surface area contributed by atoms with Gasteiger partial charge in [-0.1, -0.05) is 17.7 Å². The third kappa shape index (κ3) is 4.43. The van der Waals surface area contributed by atoms with Crippen LogP contribution in [0.25, 0.3) is 10.9 Å². The monoisotopic (exact) mass is 384 g/mol. The molecule has 0 spiro atoms. The van der Waals surface area contributed by atoms with Gasteiger partial charge in [0.25, 0.3) is 11.5 Å². The minimum atomic E-state index is -3.38. The number of nitrogens with one attached hydrogen (secondary N) is 2. The zero-order valence-electron chi connectivity index (χ0n) is 15.1. The predicted octanol–water partition coefficient (Wildman–Crippen LogP) is 2.21. The third-order valence-electron chi connectivity index (χ3n) is 4.28. The second kappa shape index (κ2) is 7.36. The van der Waals surface area contributed by atoms with E-state index in [2.05, 4.69) is 10.3 Å². The Labute approximate surface area is 157 Å². The van der Waals surface area contributed by atoms with Crippen LogP contribution >= 0.6 is 0 Å². The summed E-state index contributed by atoms with van der Waals surface area (Å²) in [5.41, 5.74) is 2.54. The molecule has 0 aliphatic rings. The average molecular weight is 384 g/mol. The van der Waals surface area contributed by atoms with Crippen molar-refractivity contribution in [2.24, 2.45) is 0 Å². The number of hydrogen-bond acceptors (Lipinski definition) is 4. The summed E-state index contributed by atoms with van der Waals surface area (Å²) in [6.45, 7) is 2.25. The van der Waals surface area contributed by atoms with Gasteiger partial charge < -0.3 is 10.3 Å². The van der Waals surface area contributed by atoms with E-state index in [0.717, 1.165) is 22.7 Å². The number of sulfone groups is 1. The van der Waals surface area contributed by atoms with Crippen LogP contribution in [-0.4, -0.2) is 32.1 Å². The van der Waals surface area contributed by atoms with Crippen molar-refractivity contribution in [2.75, 3.05) is 12.8 Å². The minimum absolute atomic E-state index is 0.0940. The van der Waals surface area contributed by atoms with Crippen molar-refractivity contribution in [1.29, 1.82) is 0 Å². The van der Waals surface area contributed by atoms with Gasteiger partial charge in [-0.15, -0.1) is 0 Å². The SMILES string of the molecule is Cc1ccc2[nH]c(=O)c(CCNC(=O)c3cccc(S(C)(=O)=O)c3)cc2c1. The van der Waals surface area contributed by atoms with Crippen molar-refractivity contribution >= 4 is 26.6 Å². The summed E-state index contributed by atoms with van der Waals surface area (Å²) in [5, 5.41) is 3.67. The molecular formula is C20H20N2O4S. The van der Waals surface area contributed by atoms with Gasteiger partial charge >= 0.3 is 0 Å². The van der Waals surface area contributed by atoms with Gasteiger partial charge in [0.05, 0.1) is 4.90 Å². The molecule has 0 aliphatic carbocycles. The molecule has 0 atom stereocenters. The number of H-pyrrole nitrogens is 1. The molecule has 6 nitrogen and oxygen atoms in total. The molecule has 0 radical (unpaired) electrons. The molecule has 27 heavy (non-hydrogen) atoms. The number of aromatic nitrogens is 1. The Morgan fingerprint density at radius 1 is 1.11 bits per heavy atom. The highest BCUT2D eigenvalue weighted by atomic mass is 32.2. The maximum Gasteiger partial charge on any atom is 0.251 e. The number of pyridine rings is 1. The summed E-state index contributed by atoms with van der Waals surface area (Å²) in [6, 6.07) is 13.5. The van der Waals surface area contributed by atoms with E-state index in [0.29, 0.717) is 12.0 Å². The topological polar surface area (TPSA) is 96.1 Å². The van der Waals surface area contributed by atoms with Crippen LogP contribution in [0.2, 0.25) is 0 Å². The molecular weight excluding hydrogens is 364 g/mol. The summed E-state index contributed by atoms with van der Waals surface area (Å²) in [5.74, 6) is -0.381. The third-order valence-corrected chi connectivity index (χ3v) is 5.39. The van der Waals surface area contributed by atoms with E-state index in [1.807, 2.05) is 31.2 Å². The highest BCUT2D eigenvalue weighted by Gasteiger charge is 2.12. The number of amides is 1. The van der Waals surface area contributed by atoms with Gasteiger partial charge in [0, 0.05) is 29.4 Å². The van der Waals surface area contributed by atoms with Crippen molar-refractivity contribution in [2.45, 2.75) is 18.2 Å². The zero-order chi connectivity index (χ0) is 19.6. The van der Waals surface area contributed by atoms with Crippen LogP contribution in [0, 0.1) is 6.92 Å². The Morgan fingerprint density at radius 3 is 2.63 bits per heavy atom.